The molecule has 0 aromatic heterocycles. The molecule has 1 unspecified atom stereocenters. The Hall–Kier alpha value is -0.700. The van der Waals surface area contributed by atoms with E-state index in [0.717, 1.165) is 19.4 Å². The van der Waals surface area contributed by atoms with E-state index in [2.05, 4.69) is 10.2 Å². The zero-order chi connectivity index (χ0) is 15.7. The molecule has 0 spiro atoms. The molecular weight excluding hydrogens is 292 g/mol. The highest BCUT2D eigenvalue weighted by Crippen LogP contribution is 2.24. The van der Waals surface area contributed by atoms with Crippen LogP contribution in [-0.2, 0) is 14.8 Å². The first-order valence-corrected chi connectivity index (χ1v) is 9.31. The molecule has 3 N–H and O–H groups in total. The fraction of sp³-hybridized carbons (Fsp3) is 0.923. The highest BCUT2D eigenvalue weighted by molar-refractivity contribution is 7.88. The summed E-state index contributed by atoms with van der Waals surface area (Å²) in [7, 11) is -3.09. The highest BCUT2D eigenvalue weighted by atomic mass is 32.2. The number of nitrogens with one attached hydrogen (secondary N) is 1. The fourth-order valence-corrected chi connectivity index (χ4v) is 3.44. The smallest absolute Gasteiger partial charge is 0.237 e. The summed E-state index contributed by atoms with van der Waals surface area (Å²) in [5, 5.41) is 3.33. The second kappa shape index (κ2) is 6.20. The molecule has 2 fully saturated rings. The van der Waals surface area contributed by atoms with E-state index in [9.17, 15) is 13.2 Å². The summed E-state index contributed by atoms with van der Waals surface area (Å²) in [4.78, 5) is 13.9. The Balaban J connectivity index is 1.81. The van der Waals surface area contributed by atoms with Crippen molar-refractivity contribution in [2.75, 3.05) is 39.0 Å². The number of rotatable bonds is 7. The number of nitrogens with two attached hydrogens (primary N) is 1. The number of sulfonamides is 1. The van der Waals surface area contributed by atoms with Gasteiger partial charge in [0.05, 0.1) is 11.8 Å². The van der Waals surface area contributed by atoms with E-state index in [1.165, 1.54) is 10.6 Å². The standard InChI is InChI=1S/C13H26N4O3S/c1-13(12(14)18,15-11-3-4-11)5-6-16-7-9-17(10-8-16)21(2,19)20/h11,15H,3-10H2,1-2H3,(H2,14,18). The van der Waals surface area contributed by atoms with Gasteiger partial charge in [-0.05, 0) is 26.2 Å². The number of carbonyl (C=O) groups is 1. The number of amides is 1. The zero-order valence-electron chi connectivity index (χ0n) is 12.8. The van der Waals surface area contributed by atoms with Gasteiger partial charge in [0.15, 0.2) is 0 Å². The third kappa shape index (κ3) is 4.64. The minimum absolute atomic E-state index is 0.316. The predicted molar refractivity (Wildman–Crippen MR) is 81.2 cm³/mol. The van der Waals surface area contributed by atoms with Crippen LogP contribution in [0.25, 0.3) is 0 Å². The molecule has 0 aromatic rings. The number of hydrogen-bond donors (Lipinski definition) is 2. The monoisotopic (exact) mass is 318 g/mol. The van der Waals surface area contributed by atoms with Crippen molar-refractivity contribution in [1.29, 1.82) is 0 Å². The Morgan fingerprint density at radius 3 is 2.29 bits per heavy atom. The fourth-order valence-electron chi connectivity index (χ4n) is 2.61. The third-order valence-electron chi connectivity index (χ3n) is 4.37. The summed E-state index contributed by atoms with van der Waals surface area (Å²) >= 11 is 0. The molecule has 1 heterocycles. The van der Waals surface area contributed by atoms with Crippen LogP contribution in [0.5, 0.6) is 0 Å². The molecule has 0 aromatic carbocycles. The first kappa shape index (κ1) is 16.7. The Labute approximate surface area is 126 Å². The molecule has 2 rings (SSSR count). The van der Waals surface area contributed by atoms with Crippen LogP contribution in [0, 0.1) is 0 Å². The van der Waals surface area contributed by atoms with Crippen molar-refractivity contribution >= 4 is 15.9 Å². The quantitative estimate of drug-likeness (QED) is 0.624. The number of primary amides is 1. The van der Waals surface area contributed by atoms with Crippen LogP contribution in [-0.4, -0.2) is 74.1 Å². The Morgan fingerprint density at radius 2 is 1.86 bits per heavy atom. The minimum Gasteiger partial charge on any atom is -0.368 e. The molecule has 1 atom stereocenters. The van der Waals surface area contributed by atoms with Gasteiger partial charge < -0.3 is 16.0 Å². The van der Waals surface area contributed by atoms with Crippen LogP contribution in [0.15, 0.2) is 0 Å². The molecule has 1 aliphatic heterocycles. The lowest BCUT2D eigenvalue weighted by Crippen LogP contribution is -2.56. The van der Waals surface area contributed by atoms with E-state index in [1.54, 1.807) is 0 Å². The van der Waals surface area contributed by atoms with Gasteiger partial charge in [-0.15, -0.1) is 0 Å². The average Bonchev–Trinajstić information content (AvgIpc) is 3.19. The van der Waals surface area contributed by atoms with Crippen LogP contribution in [0.3, 0.4) is 0 Å². The van der Waals surface area contributed by atoms with E-state index < -0.39 is 15.6 Å². The van der Waals surface area contributed by atoms with E-state index in [0.29, 0.717) is 38.6 Å². The molecule has 8 heteroatoms. The van der Waals surface area contributed by atoms with Crippen molar-refractivity contribution < 1.29 is 13.2 Å². The molecule has 7 nitrogen and oxygen atoms in total. The van der Waals surface area contributed by atoms with E-state index in [1.807, 2.05) is 6.92 Å². The number of hydrogen-bond acceptors (Lipinski definition) is 5. The maximum atomic E-state index is 11.7. The summed E-state index contributed by atoms with van der Waals surface area (Å²) in [5.74, 6) is -0.316. The lowest BCUT2D eigenvalue weighted by molar-refractivity contribution is -0.124. The second-order valence-electron chi connectivity index (χ2n) is 6.37. The van der Waals surface area contributed by atoms with Crippen LogP contribution in [0.4, 0.5) is 0 Å². The number of piperazine rings is 1. The maximum absolute atomic E-state index is 11.7. The van der Waals surface area contributed by atoms with Gasteiger partial charge in [-0.1, -0.05) is 0 Å². The molecule has 1 saturated carbocycles. The number of carbonyl (C=O) groups excluding carboxylic acids is 1. The van der Waals surface area contributed by atoms with E-state index in [4.69, 9.17) is 5.73 Å². The van der Waals surface area contributed by atoms with E-state index >= 15 is 0 Å². The molecule has 0 radical (unpaired) electrons. The number of nitrogens with zero attached hydrogens (tertiary/aromatic N) is 2. The van der Waals surface area contributed by atoms with Crippen molar-refractivity contribution in [3.8, 4) is 0 Å². The Bertz CT molecular complexity index is 484. The van der Waals surface area contributed by atoms with Gasteiger partial charge in [-0.2, -0.15) is 4.31 Å². The SMILES string of the molecule is CC(CCN1CCN(S(C)(=O)=O)CC1)(NC1CC1)C(N)=O. The minimum atomic E-state index is -3.09. The highest BCUT2D eigenvalue weighted by Gasteiger charge is 2.37. The molecular formula is C13H26N4O3S. The van der Waals surface area contributed by atoms with Gasteiger partial charge in [-0.25, -0.2) is 8.42 Å². The lowest BCUT2D eigenvalue weighted by Gasteiger charge is -2.36. The molecule has 1 aliphatic carbocycles. The van der Waals surface area contributed by atoms with Crippen LogP contribution < -0.4 is 11.1 Å². The van der Waals surface area contributed by atoms with Gasteiger partial charge in [0.25, 0.3) is 0 Å². The van der Waals surface area contributed by atoms with Crippen LogP contribution in [0.2, 0.25) is 0 Å². The van der Waals surface area contributed by atoms with Crippen LogP contribution >= 0.6 is 0 Å². The Kier molecular flexibility index (Phi) is 4.92. The summed E-state index contributed by atoms with van der Waals surface area (Å²) in [5.41, 5.74) is 4.86. The third-order valence-corrected chi connectivity index (χ3v) is 5.68. The van der Waals surface area contributed by atoms with E-state index in [-0.39, 0.29) is 5.91 Å². The van der Waals surface area contributed by atoms with Crippen molar-refractivity contribution in [2.24, 2.45) is 5.73 Å². The Morgan fingerprint density at radius 1 is 1.29 bits per heavy atom. The second-order valence-corrected chi connectivity index (χ2v) is 8.35. The summed E-state index contributed by atoms with van der Waals surface area (Å²) in [6.45, 7) is 5.04. The molecule has 0 bridgehead atoms. The molecule has 2 aliphatic rings. The van der Waals surface area contributed by atoms with Gasteiger partial charge in [-0.3, -0.25) is 4.79 Å². The van der Waals surface area contributed by atoms with Crippen molar-refractivity contribution in [3.05, 3.63) is 0 Å². The first-order valence-electron chi connectivity index (χ1n) is 7.46. The van der Waals surface area contributed by atoms with Gasteiger partial charge in [0.2, 0.25) is 15.9 Å². The summed E-state index contributed by atoms with van der Waals surface area (Å²) in [6, 6.07) is 0.421. The van der Waals surface area contributed by atoms with Crippen LogP contribution in [0.1, 0.15) is 26.2 Å². The predicted octanol–water partition coefficient (Wildman–Crippen LogP) is -1.05. The first-order chi connectivity index (χ1) is 9.71. The maximum Gasteiger partial charge on any atom is 0.237 e. The average molecular weight is 318 g/mol. The summed E-state index contributed by atoms with van der Waals surface area (Å²) < 4.78 is 24.4. The molecule has 122 valence electrons. The molecule has 21 heavy (non-hydrogen) atoms. The zero-order valence-corrected chi connectivity index (χ0v) is 13.7. The van der Waals surface area contributed by atoms with Crippen molar-refractivity contribution in [2.45, 2.75) is 37.8 Å². The normalized spacial score (nSPS) is 24.7. The molecule has 1 amide bonds. The largest absolute Gasteiger partial charge is 0.368 e. The summed E-state index contributed by atoms with van der Waals surface area (Å²) in [6.07, 6.45) is 4.11. The van der Waals surface area contributed by atoms with Gasteiger partial charge in [0.1, 0.15) is 0 Å². The van der Waals surface area contributed by atoms with Gasteiger partial charge in [0, 0.05) is 38.8 Å². The molecule has 1 saturated heterocycles. The lowest BCUT2D eigenvalue weighted by atomic mass is 9.96. The van der Waals surface area contributed by atoms with Gasteiger partial charge >= 0.3 is 0 Å². The topological polar surface area (TPSA) is 95.7 Å². The van der Waals surface area contributed by atoms with Crippen molar-refractivity contribution in [3.63, 3.8) is 0 Å². The van der Waals surface area contributed by atoms with Crippen molar-refractivity contribution in [1.82, 2.24) is 14.5 Å².